The summed E-state index contributed by atoms with van der Waals surface area (Å²) >= 11 is 6.37. The van der Waals surface area contributed by atoms with E-state index < -0.39 is 6.04 Å². The molecule has 180 valence electrons. The summed E-state index contributed by atoms with van der Waals surface area (Å²) in [5.41, 5.74) is 1.36. The second kappa shape index (κ2) is 10.7. The predicted octanol–water partition coefficient (Wildman–Crippen LogP) is 6.05. The lowest BCUT2D eigenvalue weighted by Gasteiger charge is -2.31. The van der Waals surface area contributed by atoms with Gasteiger partial charge in [0.15, 0.2) is 0 Å². The van der Waals surface area contributed by atoms with Crippen LogP contribution in [0, 0.1) is 0 Å². The first kappa shape index (κ1) is 24.5. The van der Waals surface area contributed by atoms with E-state index >= 15 is 0 Å². The van der Waals surface area contributed by atoms with Crippen LogP contribution in [0.2, 0.25) is 5.02 Å². The summed E-state index contributed by atoms with van der Waals surface area (Å²) in [6.45, 7) is 6.71. The molecule has 0 fully saturated rings. The zero-order valence-electron chi connectivity index (χ0n) is 20.1. The minimum absolute atomic E-state index is 0.211. The van der Waals surface area contributed by atoms with Gasteiger partial charge in [-0.15, -0.1) is 0 Å². The first-order valence-electron chi connectivity index (χ1n) is 11.8. The lowest BCUT2D eigenvalue weighted by atomic mass is 10.1. The normalized spacial score (nSPS) is 11.9. The number of benzene rings is 3. The molecule has 0 bridgehead atoms. The van der Waals surface area contributed by atoms with Crippen LogP contribution in [0.25, 0.3) is 16.6 Å². The van der Waals surface area contributed by atoms with Crippen LogP contribution in [0.3, 0.4) is 0 Å². The van der Waals surface area contributed by atoms with Gasteiger partial charge in [0, 0.05) is 6.54 Å². The number of carbonyl (C=O) groups excluding carboxylic acids is 1. The molecule has 0 aliphatic carbocycles. The Hall–Kier alpha value is -3.64. The standard InChI is InChI=1S/C28H28ClN3O3/c1-4-18-31(27(33)20-12-6-8-14-22(20)29)19(3)26-30-23-15-9-7-13-21(23)28(34)32(26)24-16-10-11-17-25(24)35-5-2/h6-17,19H,4-5,18H2,1-3H3. The minimum atomic E-state index is -0.522. The molecule has 0 saturated heterocycles. The molecule has 6 nitrogen and oxygen atoms in total. The van der Waals surface area contributed by atoms with Gasteiger partial charge >= 0.3 is 0 Å². The van der Waals surface area contributed by atoms with Gasteiger partial charge in [-0.05, 0) is 56.7 Å². The van der Waals surface area contributed by atoms with Crippen molar-refractivity contribution in [2.75, 3.05) is 13.2 Å². The van der Waals surface area contributed by atoms with Gasteiger partial charge in [0.2, 0.25) is 0 Å². The fourth-order valence-corrected chi connectivity index (χ4v) is 4.44. The molecule has 0 saturated carbocycles. The predicted molar refractivity (Wildman–Crippen MR) is 140 cm³/mol. The molecule has 0 aliphatic rings. The number of hydrogen-bond acceptors (Lipinski definition) is 4. The summed E-state index contributed by atoms with van der Waals surface area (Å²) in [5, 5.41) is 0.880. The average Bonchev–Trinajstić information content (AvgIpc) is 2.87. The van der Waals surface area contributed by atoms with Crippen molar-refractivity contribution >= 4 is 28.4 Å². The smallest absolute Gasteiger partial charge is 0.266 e. The van der Waals surface area contributed by atoms with E-state index in [1.54, 1.807) is 39.8 Å². The summed E-state index contributed by atoms with van der Waals surface area (Å²) in [4.78, 5) is 34.1. The van der Waals surface area contributed by atoms with Crippen molar-refractivity contribution in [1.82, 2.24) is 14.5 Å². The summed E-state index contributed by atoms with van der Waals surface area (Å²) in [6, 6.07) is 21.1. The summed E-state index contributed by atoms with van der Waals surface area (Å²) in [7, 11) is 0. The van der Waals surface area contributed by atoms with Crippen LogP contribution in [-0.4, -0.2) is 33.5 Å². The van der Waals surface area contributed by atoms with Crippen molar-refractivity contribution in [2.24, 2.45) is 0 Å². The van der Waals surface area contributed by atoms with Crippen molar-refractivity contribution in [1.29, 1.82) is 0 Å². The summed E-state index contributed by atoms with van der Waals surface area (Å²) in [6.07, 6.45) is 0.730. The van der Waals surface area contributed by atoms with Crippen molar-refractivity contribution in [3.05, 3.63) is 99.6 Å². The molecule has 0 N–H and O–H groups in total. The molecule has 7 heteroatoms. The third kappa shape index (κ3) is 4.80. The lowest BCUT2D eigenvalue weighted by molar-refractivity contribution is 0.0681. The van der Waals surface area contributed by atoms with Gasteiger partial charge in [-0.1, -0.05) is 54.9 Å². The molecule has 1 heterocycles. The molecule has 0 radical (unpaired) electrons. The lowest BCUT2D eigenvalue weighted by Crippen LogP contribution is -2.38. The van der Waals surface area contributed by atoms with Crippen molar-refractivity contribution in [3.8, 4) is 11.4 Å². The quantitative estimate of drug-likeness (QED) is 0.302. The average molecular weight is 490 g/mol. The van der Waals surface area contributed by atoms with Crippen molar-refractivity contribution < 1.29 is 9.53 Å². The van der Waals surface area contributed by atoms with Crippen molar-refractivity contribution in [3.63, 3.8) is 0 Å². The molecule has 1 amide bonds. The van der Waals surface area contributed by atoms with Crippen LogP contribution in [0.1, 0.15) is 49.4 Å². The van der Waals surface area contributed by atoms with Gasteiger partial charge in [-0.3, -0.25) is 14.2 Å². The highest BCUT2D eigenvalue weighted by Gasteiger charge is 2.28. The third-order valence-electron chi connectivity index (χ3n) is 5.88. The van der Waals surface area contributed by atoms with Crippen LogP contribution >= 0.6 is 11.6 Å². The number of nitrogens with zero attached hydrogens (tertiary/aromatic N) is 3. The zero-order chi connectivity index (χ0) is 24.9. The maximum absolute atomic E-state index is 13.8. The molecule has 3 aromatic carbocycles. The number of halogens is 1. The topological polar surface area (TPSA) is 64.4 Å². The summed E-state index contributed by atoms with van der Waals surface area (Å²) in [5.74, 6) is 0.814. The fourth-order valence-electron chi connectivity index (χ4n) is 4.22. The Kier molecular flexibility index (Phi) is 7.51. The molecule has 0 spiro atoms. The maximum atomic E-state index is 13.8. The van der Waals surface area contributed by atoms with Gasteiger partial charge in [-0.2, -0.15) is 0 Å². The minimum Gasteiger partial charge on any atom is -0.492 e. The van der Waals surface area contributed by atoms with E-state index in [-0.39, 0.29) is 11.5 Å². The molecule has 35 heavy (non-hydrogen) atoms. The van der Waals surface area contributed by atoms with E-state index in [9.17, 15) is 9.59 Å². The summed E-state index contributed by atoms with van der Waals surface area (Å²) < 4.78 is 7.42. The van der Waals surface area contributed by atoms with Gasteiger partial charge in [-0.25, -0.2) is 4.98 Å². The number of para-hydroxylation sites is 3. The van der Waals surface area contributed by atoms with Crippen molar-refractivity contribution in [2.45, 2.75) is 33.2 Å². The molecule has 1 atom stereocenters. The monoisotopic (exact) mass is 489 g/mol. The van der Waals surface area contributed by atoms with Crippen LogP contribution in [0.5, 0.6) is 5.75 Å². The highest BCUT2D eigenvalue weighted by molar-refractivity contribution is 6.33. The number of carbonyl (C=O) groups is 1. The number of rotatable bonds is 8. The molecule has 4 aromatic rings. The Morgan fingerprint density at radius 1 is 1.03 bits per heavy atom. The fraction of sp³-hybridized carbons (Fsp3) is 0.250. The zero-order valence-corrected chi connectivity index (χ0v) is 20.8. The maximum Gasteiger partial charge on any atom is 0.266 e. The van der Waals surface area contributed by atoms with E-state index in [1.807, 2.05) is 63.2 Å². The molecule has 1 aromatic heterocycles. The number of ether oxygens (including phenoxy) is 1. The molecule has 0 aliphatic heterocycles. The van der Waals surface area contributed by atoms with E-state index in [2.05, 4.69) is 0 Å². The van der Waals surface area contributed by atoms with E-state index in [4.69, 9.17) is 21.3 Å². The first-order chi connectivity index (χ1) is 17.0. The van der Waals surface area contributed by atoms with Crippen LogP contribution < -0.4 is 10.3 Å². The SMILES string of the molecule is CCCN(C(=O)c1ccccc1Cl)C(C)c1nc2ccccc2c(=O)n1-c1ccccc1OCC. The molecule has 1 unspecified atom stereocenters. The second-order valence-electron chi connectivity index (χ2n) is 8.18. The van der Waals surface area contributed by atoms with Gasteiger partial charge in [0.05, 0.1) is 39.8 Å². The van der Waals surface area contributed by atoms with Crippen LogP contribution in [-0.2, 0) is 0 Å². The largest absolute Gasteiger partial charge is 0.492 e. The Morgan fingerprint density at radius 2 is 1.71 bits per heavy atom. The van der Waals surface area contributed by atoms with E-state index in [1.165, 1.54) is 0 Å². The van der Waals surface area contributed by atoms with E-state index in [0.29, 0.717) is 51.9 Å². The molecular weight excluding hydrogens is 462 g/mol. The number of hydrogen-bond donors (Lipinski definition) is 0. The number of fused-ring (bicyclic) bond motifs is 1. The Balaban J connectivity index is 1.95. The number of amides is 1. The highest BCUT2D eigenvalue weighted by Crippen LogP contribution is 2.29. The van der Waals surface area contributed by atoms with Crippen LogP contribution in [0.4, 0.5) is 0 Å². The Morgan fingerprint density at radius 3 is 2.46 bits per heavy atom. The van der Waals surface area contributed by atoms with Gasteiger partial charge in [0.25, 0.3) is 11.5 Å². The number of aromatic nitrogens is 2. The highest BCUT2D eigenvalue weighted by atomic mass is 35.5. The first-order valence-corrected chi connectivity index (χ1v) is 12.1. The third-order valence-corrected chi connectivity index (χ3v) is 6.21. The molecule has 4 rings (SSSR count). The Labute approximate surface area is 209 Å². The van der Waals surface area contributed by atoms with Crippen LogP contribution in [0.15, 0.2) is 77.6 Å². The second-order valence-corrected chi connectivity index (χ2v) is 8.59. The van der Waals surface area contributed by atoms with E-state index in [0.717, 1.165) is 6.42 Å². The van der Waals surface area contributed by atoms with Gasteiger partial charge < -0.3 is 9.64 Å². The Bertz CT molecular complexity index is 1420. The van der Waals surface area contributed by atoms with Gasteiger partial charge in [0.1, 0.15) is 11.6 Å². The molecular formula is C28H28ClN3O3.